The number of carbonyl (C=O) groups excluding carboxylic acids is 1. The normalized spacial score (nSPS) is 11.0. The van der Waals surface area contributed by atoms with Gasteiger partial charge in [0, 0.05) is 89.0 Å². The number of nitro groups is 2. The number of anilines is 4. The average Bonchev–Trinajstić information content (AvgIpc) is 1.63. The maximum atomic E-state index is 12.3. The second-order valence-electron chi connectivity index (χ2n) is 33.9. The molecular formula is C102H135FN20O13. The number of aromatic amines is 4. The molecule has 0 amide bonds. The number of nitrogen functional groups attached to an aromatic ring is 4. The molecule has 728 valence electrons. The molecule has 33 nitrogen and oxygen atoms in total. The number of nitrogens with one attached hydrogen (secondary N) is 4. The van der Waals surface area contributed by atoms with Crippen molar-refractivity contribution < 1.29 is 57.7 Å². The highest BCUT2D eigenvalue weighted by atomic mass is 19.1. The predicted molar refractivity (Wildman–Crippen MR) is 545 cm³/mol. The first-order valence-electron chi connectivity index (χ1n) is 45.3. The summed E-state index contributed by atoms with van der Waals surface area (Å²) in [4.78, 5) is 75.2. The lowest BCUT2D eigenvalue weighted by molar-refractivity contribution is -0.384. The lowest BCUT2D eigenvalue weighted by Crippen LogP contribution is -2.13. The van der Waals surface area contributed by atoms with Crippen LogP contribution in [-0.2, 0) is 0 Å². The second-order valence-corrected chi connectivity index (χ2v) is 33.9. The summed E-state index contributed by atoms with van der Waals surface area (Å²) in [7, 11) is 26.4. The number of rotatable bonds is 42. The molecule has 0 aliphatic carbocycles. The summed E-state index contributed by atoms with van der Waals surface area (Å²) in [6, 6.07) is 59.2. The van der Waals surface area contributed by atoms with Gasteiger partial charge in [0.15, 0.2) is 0 Å². The number of aromatic hydroxyl groups is 1. The van der Waals surface area contributed by atoms with E-state index in [2.05, 4.69) is 135 Å². The van der Waals surface area contributed by atoms with Gasteiger partial charge in [-0.2, -0.15) is 0 Å². The van der Waals surface area contributed by atoms with Gasteiger partial charge in [-0.05, 0) is 298 Å². The fourth-order valence-electron chi connectivity index (χ4n) is 13.3. The number of nitro benzene ring substituents is 2. The molecule has 0 saturated carbocycles. The number of phenolic OH excluding ortho intramolecular Hbond substituents is 1. The topological polar surface area (TPSA) is 437 Å². The number of ether oxygens (including phenoxy) is 6. The summed E-state index contributed by atoms with van der Waals surface area (Å²) in [6.07, 6.45) is 13.5. The van der Waals surface area contributed by atoms with Crippen molar-refractivity contribution in [1.29, 1.82) is 0 Å². The minimum absolute atomic E-state index is 0.0880. The van der Waals surface area contributed by atoms with Crippen LogP contribution in [0.4, 0.5) is 38.5 Å². The molecule has 4 aromatic heterocycles. The Kier molecular flexibility index (Phi) is 44.9. The number of aliphatic hydroxyl groups excluding tert-OH is 1. The van der Waals surface area contributed by atoms with Gasteiger partial charge in [0.05, 0.1) is 105 Å². The van der Waals surface area contributed by atoms with Gasteiger partial charge in [0.25, 0.3) is 11.4 Å². The molecule has 0 unspecified atom stereocenters. The Balaban J connectivity index is 0.000000211. The Morgan fingerprint density at radius 3 is 0.919 bits per heavy atom. The second kappa shape index (κ2) is 56.9. The first kappa shape index (κ1) is 107. The van der Waals surface area contributed by atoms with Crippen molar-refractivity contribution in [2.45, 2.75) is 77.0 Å². The number of nitrogens with two attached hydrogens (primary N) is 4. The van der Waals surface area contributed by atoms with Gasteiger partial charge < -0.3 is 111 Å². The lowest BCUT2D eigenvalue weighted by Gasteiger charge is -2.10. The summed E-state index contributed by atoms with van der Waals surface area (Å²) in [6.45, 7) is 10.2. The van der Waals surface area contributed by atoms with Gasteiger partial charge in [-0.15, -0.1) is 0 Å². The number of phenols is 1. The summed E-state index contributed by atoms with van der Waals surface area (Å²) >= 11 is 0. The summed E-state index contributed by atoms with van der Waals surface area (Å²) in [5.74, 6) is 7.61. The fraction of sp³-hybridized carbons (Fsp3) is 0.363. The summed E-state index contributed by atoms with van der Waals surface area (Å²) in [5, 5.41) is 38.7. The summed E-state index contributed by atoms with van der Waals surface area (Å²) in [5.41, 5.74) is 34.7. The van der Waals surface area contributed by atoms with E-state index < -0.39 is 15.7 Å². The van der Waals surface area contributed by atoms with Gasteiger partial charge in [-0.3, -0.25) is 25.0 Å². The van der Waals surface area contributed by atoms with Crippen LogP contribution < -0.4 is 51.4 Å². The van der Waals surface area contributed by atoms with Crippen LogP contribution >= 0.6 is 0 Å². The van der Waals surface area contributed by atoms with E-state index in [4.69, 9.17) is 71.4 Å². The third-order valence-electron chi connectivity index (χ3n) is 20.7. The van der Waals surface area contributed by atoms with E-state index >= 15 is 0 Å². The molecule has 14 N–H and O–H groups in total. The van der Waals surface area contributed by atoms with E-state index in [1.165, 1.54) is 12.1 Å². The quantitative estimate of drug-likeness (QED) is 0.00558. The average molecular weight is 1870 g/mol. The zero-order valence-corrected chi connectivity index (χ0v) is 80.5. The molecular weight excluding hydrogens is 1730 g/mol. The number of imidazole rings is 4. The molecule has 0 aliphatic heterocycles. The highest BCUT2D eigenvalue weighted by molar-refractivity contribution is 5.85. The molecule has 4 heterocycles. The number of carbonyl (C=O) groups is 1. The zero-order chi connectivity index (χ0) is 98.4. The van der Waals surface area contributed by atoms with Crippen LogP contribution in [0, 0.1) is 26.0 Å². The van der Waals surface area contributed by atoms with Crippen LogP contribution in [0.3, 0.4) is 0 Å². The number of halogens is 1. The Morgan fingerprint density at radius 1 is 0.346 bits per heavy atom. The number of fused-ring (bicyclic) bond motifs is 4. The number of methoxy groups -OCH3 is 1. The Bertz CT molecular complexity index is 5810. The van der Waals surface area contributed by atoms with E-state index in [1.807, 2.05) is 113 Å². The molecule has 14 aromatic rings. The van der Waals surface area contributed by atoms with Crippen molar-refractivity contribution in [3.05, 3.63) is 232 Å². The number of benzene rings is 10. The minimum Gasteiger partial charge on any atom is -0.508 e. The van der Waals surface area contributed by atoms with Crippen molar-refractivity contribution >= 4 is 84.5 Å². The van der Waals surface area contributed by atoms with Crippen LogP contribution in [0.15, 0.2) is 200 Å². The number of hydrogen-bond acceptors (Lipinski definition) is 27. The Hall–Kier alpha value is -14.0. The first-order chi connectivity index (χ1) is 65.3. The van der Waals surface area contributed by atoms with Crippen LogP contribution in [0.1, 0.15) is 87.4 Å². The standard InChI is InChI=1S/C32H40N6O2.C26H27N5O2.C12H19N3O3.C12H21N3O.C8H8O2.C6H5FN2O2.C6H15NO/c1-37(2)17-5-7-19-39-25-13-15-27-29(21-25)35-31(33-27)23-9-11-24(12-10-23)32-34-28-16-14-26(22-30(28)36-32)40-20-8-6-18-38(3)4;1-31(2)13-3-4-14-33-20-10-12-22-24(16-20)30-26(28-22)18-7-5-17(6-8-18)25-27-21-11-9-19(32)15-23(21)29-25;1-14(2)7-3-4-8-18-10-5-6-12(15(16)17)11(13)9-10;1-15(2)7-3-4-8-16-10-5-6-11(13)12(14)9-10;1-10-8-4-2-7(6-9)3-5-8;7-4-1-2-6(9(10)11)5(8)3-4;1-7(2)5-3-4-6-8/h9-16,21-22H,5-8,17-20H2,1-4H3,(H,33,35)(H,34,36);5-12,15-16,32H,3-4,13-14H2,1-2H3,(H,27,29)(H,28,30);5-6,9H,3-4,7-8,13H2,1-2H3;5-6,9H,3-4,7-8,13-14H2,1-2H3;2-6H,1H3;1-3H,8H2;8H,3-6H2,1-2H3. The van der Waals surface area contributed by atoms with E-state index in [0.29, 0.717) is 42.5 Å². The highest BCUT2D eigenvalue weighted by Crippen LogP contribution is 2.33. The Morgan fingerprint density at radius 2 is 0.625 bits per heavy atom. The molecule has 0 spiro atoms. The zero-order valence-electron chi connectivity index (χ0n) is 80.5. The van der Waals surface area contributed by atoms with Gasteiger partial charge in [0.1, 0.15) is 87.0 Å². The van der Waals surface area contributed by atoms with Crippen molar-refractivity contribution in [2.75, 3.05) is 194 Å². The molecule has 0 saturated heterocycles. The maximum Gasteiger partial charge on any atom is 0.292 e. The van der Waals surface area contributed by atoms with E-state index in [0.717, 1.165) is 279 Å². The van der Waals surface area contributed by atoms with Crippen molar-refractivity contribution in [3.8, 4) is 85.8 Å². The largest absolute Gasteiger partial charge is 0.508 e. The Labute approximate surface area is 795 Å². The van der Waals surface area contributed by atoms with Crippen LogP contribution in [-0.4, -0.2) is 266 Å². The number of unbranched alkanes of at least 4 members (excludes halogenated alkanes) is 6. The lowest BCUT2D eigenvalue weighted by atomic mass is 10.1. The third-order valence-corrected chi connectivity index (χ3v) is 20.7. The molecule has 0 aliphatic rings. The van der Waals surface area contributed by atoms with Crippen LogP contribution in [0.5, 0.6) is 40.2 Å². The van der Waals surface area contributed by atoms with Crippen LogP contribution in [0.25, 0.3) is 89.7 Å². The van der Waals surface area contributed by atoms with Gasteiger partial charge in [-0.25, -0.2) is 24.3 Å². The van der Waals surface area contributed by atoms with E-state index in [1.54, 1.807) is 67.8 Å². The van der Waals surface area contributed by atoms with Crippen molar-refractivity contribution in [1.82, 2.24) is 69.3 Å². The van der Waals surface area contributed by atoms with Gasteiger partial charge in [0.2, 0.25) is 0 Å². The molecule has 34 heteroatoms. The molecule has 0 bridgehead atoms. The molecule has 0 radical (unpaired) electrons. The van der Waals surface area contributed by atoms with Gasteiger partial charge >= 0.3 is 0 Å². The van der Waals surface area contributed by atoms with Gasteiger partial charge in [-0.1, -0.05) is 48.5 Å². The smallest absolute Gasteiger partial charge is 0.292 e. The van der Waals surface area contributed by atoms with Crippen molar-refractivity contribution in [2.24, 2.45) is 0 Å². The highest BCUT2D eigenvalue weighted by Gasteiger charge is 2.17. The monoisotopic (exact) mass is 1870 g/mol. The number of aliphatic hydroxyl groups is 1. The SMILES string of the molecule is CN(C)CCCCO.CN(C)CCCCOc1ccc(N)c(N)c1.CN(C)CCCCOc1ccc([N+](=O)[O-])c(N)c1.CN(C)CCCCOc1ccc2nc(-c3ccc(-c4nc5ccc(O)cc5[nH]4)cc3)[nH]c2c1.CN(C)CCCCOc1ccc2nc(-c3ccc(-c4nc5ccc(OCCCCN(C)C)cc5[nH]4)cc3)[nH]c2c1.COc1ccc(C=O)cc1.Nc1cc(F)ccc1[N+](=O)[O-]. The third kappa shape index (κ3) is 37.8. The van der Waals surface area contributed by atoms with E-state index in [-0.39, 0.29) is 28.5 Å². The summed E-state index contributed by atoms with van der Waals surface area (Å²) < 4.78 is 46.1. The number of hydrogen-bond donors (Lipinski definition) is 10. The number of aromatic nitrogens is 8. The molecule has 10 aromatic carbocycles. The number of aldehydes is 1. The molecule has 14 rings (SSSR count). The maximum absolute atomic E-state index is 12.3. The predicted octanol–water partition coefficient (Wildman–Crippen LogP) is 18.0. The van der Waals surface area contributed by atoms with Crippen LogP contribution in [0.2, 0.25) is 0 Å². The molecule has 0 atom stereocenters. The van der Waals surface area contributed by atoms with Crippen molar-refractivity contribution in [3.63, 3.8) is 0 Å². The number of H-pyrrole nitrogens is 4. The molecule has 0 fully saturated rings. The van der Waals surface area contributed by atoms with E-state index in [9.17, 15) is 34.5 Å². The first-order valence-corrected chi connectivity index (χ1v) is 45.3. The fourth-order valence-corrected chi connectivity index (χ4v) is 13.3. The minimum atomic E-state index is -0.658. The number of nitrogens with zero attached hydrogens (tertiary/aromatic N) is 12. The molecule has 136 heavy (non-hydrogen) atoms.